The van der Waals surface area contributed by atoms with E-state index in [2.05, 4.69) is 19.3 Å². The van der Waals surface area contributed by atoms with Crippen LogP contribution in [0.25, 0.3) is 0 Å². The van der Waals surface area contributed by atoms with Crippen molar-refractivity contribution >= 4 is 11.6 Å². The highest BCUT2D eigenvalue weighted by Gasteiger charge is 2.13. The average molecular weight is 344 g/mol. The Hall–Kier alpha value is -2.11. The molecule has 0 aliphatic heterocycles. The minimum absolute atomic E-state index is 0.0755. The normalized spacial score (nSPS) is 12.4. The van der Waals surface area contributed by atoms with E-state index in [0.717, 1.165) is 36.3 Å². The molecule has 1 atom stereocenters. The summed E-state index contributed by atoms with van der Waals surface area (Å²) in [6.45, 7) is 6.36. The lowest BCUT2D eigenvalue weighted by molar-refractivity contribution is -0.117. The van der Waals surface area contributed by atoms with Gasteiger partial charge in [0.05, 0.1) is 18.1 Å². The number of carbonyl (C=O) groups excluding carboxylic acids is 1. The Bertz CT molecular complexity index is 635. The molecule has 25 heavy (non-hydrogen) atoms. The number of carbonyl (C=O) groups is 1. The summed E-state index contributed by atoms with van der Waals surface area (Å²) in [6, 6.07) is 11.3. The molecule has 136 valence electrons. The highest BCUT2D eigenvalue weighted by atomic mass is 16.3. The number of amides is 1. The van der Waals surface area contributed by atoms with Crippen LogP contribution in [0.2, 0.25) is 0 Å². The molecular weight excluding hydrogens is 316 g/mol. The lowest BCUT2D eigenvalue weighted by Crippen LogP contribution is -2.42. The van der Waals surface area contributed by atoms with Crippen LogP contribution in [0.1, 0.15) is 51.0 Å². The maximum atomic E-state index is 11.9. The predicted molar refractivity (Wildman–Crippen MR) is 99.0 cm³/mol. The second-order valence-corrected chi connectivity index (χ2v) is 6.68. The molecule has 5 heteroatoms. The number of hydrazine groups is 1. The molecule has 0 radical (unpaired) electrons. The number of anilines is 1. The van der Waals surface area contributed by atoms with Gasteiger partial charge in [-0.2, -0.15) is 0 Å². The van der Waals surface area contributed by atoms with Crippen LogP contribution in [-0.2, 0) is 11.2 Å². The van der Waals surface area contributed by atoms with Gasteiger partial charge in [-0.3, -0.25) is 4.79 Å². The molecule has 0 saturated carbocycles. The molecule has 0 aliphatic carbocycles. The highest BCUT2D eigenvalue weighted by molar-refractivity contribution is 5.90. The fourth-order valence-corrected chi connectivity index (χ4v) is 2.72. The van der Waals surface area contributed by atoms with Gasteiger partial charge >= 0.3 is 0 Å². The zero-order valence-corrected chi connectivity index (χ0v) is 15.2. The van der Waals surface area contributed by atoms with Crippen molar-refractivity contribution in [2.45, 2.75) is 46.1 Å². The molecule has 0 bridgehead atoms. The van der Waals surface area contributed by atoms with Gasteiger partial charge in [0.1, 0.15) is 5.76 Å². The number of nitrogens with zero attached hydrogens (tertiary/aromatic N) is 1. The number of benzene rings is 1. The van der Waals surface area contributed by atoms with Gasteiger partial charge in [0.15, 0.2) is 0 Å². The monoisotopic (exact) mass is 344 g/mol. The van der Waals surface area contributed by atoms with Crippen molar-refractivity contribution in [2.75, 3.05) is 11.6 Å². The molecule has 1 unspecified atom stereocenters. The summed E-state index contributed by atoms with van der Waals surface area (Å²) in [5.74, 6) is 1.30. The van der Waals surface area contributed by atoms with Gasteiger partial charge in [-0.15, -0.1) is 0 Å². The third-order valence-electron chi connectivity index (χ3n) is 4.00. The molecule has 1 amide bonds. The van der Waals surface area contributed by atoms with Crippen molar-refractivity contribution < 1.29 is 14.3 Å². The molecule has 0 aliphatic rings. The maximum absolute atomic E-state index is 11.9. The fourth-order valence-electron chi connectivity index (χ4n) is 2.72. The van der Waals surface area contributed by atoms with E-state index >= 15 is 0 Å². The van der Waals surface area contributed by atoms with Gasteiger partial charge in [0, 0.05) is 19.9 Å². The third kappa shape index (κ3) is 6.03. The Kier molecular flexibility index (Phi) is 7.22. The topological polar surface area (TPSA) is 65.7 Å². The van der Waals surface area contributed by atoms with Crippen LogP contribution >= 0.6 is 0 Å². The number of furan rings is 1. The van der Waals surface area contributed by atoms with E-state index in [-0.39, 0.29) is 5.91 Å². The van der Waals surface area contributed by atoms with Crippen LogP contribution in [0, 0.1) is 5.92 Å². The van der Waals surface area contributed by atoms with Gasteiger partial charge in [-0.25, -0.2) is 10.4 Å². The molecule has 2 N–H and O–H groups in total. The number of rotatable bonds is 9. The van der Waals surface area contributed by atoms with E-state index < -0.39 is 6.10 Å². The Balaban J connectivity index is 1.91. The zero-order valence-electron chi connectivity index (χ0n) is 15.2. The van der Waals surface area contributed by atoms with E-state index in [4.69, 9.17) is 4.42 Å². The van der Waals surface area contributed by atoms with Gasteiger partial charge in [-0.1, -0.05) is 26.0 Å². The fraction of sp³-hybridized carbons (Fsp3) is 0.450. The minimum Gasteiger partial charge on any atom is -0.469 e. The molecule has 1 aromatic heterocycles. The first-order valence-electron chi connectivity index (χ1n) is 8.82. The molecule has 0 fully saturated rings. The molecule has 5 nitrogen and oxygen atoms in total. The van der Waals surface area contributed by atoms with Crippen molar-refractivity contribution in [1.29, 1.82) is 0 Å². The van der Waals surface area contributed by atoms with Gasteiger partial charge in [0.25, 0.3) is 0 Å². The molecule has 0 spiro atoms. The van der Waals surface area contributed by atoms with Crippen LogP contribution in [0.15, 0.2) is 47.1 Å². The quantitative estimate of drug-likeness (QED) is 0.536. The highest BCUT2D eigenvalue weighted by Crippen LogP contribution is 2.23. The van der Waals surface area contributed by atoms with E-state index in [0.29, 0.717) is 12.5 Å². The number of aryl methyl sites for hydroxylation is 1. The van der Waals surface area contributed by atoms with E-state index in [1.807, 2.05) is 36.4 Å². The zero-order chi connectivity index (χ0) is 18.2. The first-order chi connectivity index (χ1) is 12.0. The SMILES string of the molecule is CC(=O)N(NCCCc1ccco1)c1ccc(C(O)CC(C)C)cc1. The second-order valence-electron chi connectivity index (χ2n) is 6.68. The molecule has 1 heterocycles. The molecule has 1 aromatic carbocycles. The summed E-state index contributed by atoms with van der Waals surface area (Å²) >= 11 is 0. The summed E-state index contributed by atoms with van der Waals surface area (Å²) in [6.07, 6.45) is 3.61. The summed E-state index contributed by atoms with van der Waals surface area (Å²) in [4.78, 5) is 11.9. The molecule has 2 aromatic rings. The smallest absolute Gasteiger partial charge is 0.238 e. The van der Waals surface area contributed by atoms with Gasteiger partial charge in [0.2, 0.25) is 5.91 Å². The first kappa shape index (κ1) is 19.2. The van der Waals surface area contributed by atoms with E-state index in [1.54, 1.807) is 11.3 Å². The van der Waals surface area contributed by atoms with E-state index in [9.17, 15) is 9.90 Å². The Morgan fingerprint density at radius 3 is 2.52 bits per heavy atom. The van der Waals surface area contributed by atoms with Crippen molar-refractivity contribution in [3.63, 3.8) is 0 Å². The standard InChI is InChI=1S/C20H28N2O3/c1-15(2)14-20(24)17-8-10-18(11-9-17)22(16(3)23)21-12-4-6-19-7-5-13-25-19/h5,7-11,13,15,20-21,24H,4,6,12,14H2,1-3H3. The summed E-state index contributed by atoms with van der Waals surface area (Å²) in [5.41, 5.74) is 4.80. The Labute approximate surface area is 149 Å². The Morgan fingerprint density at radius 2 is 1.96 bits per heavy atom. The van der Waals surface area contributed by atoms with Gasteiger partial charge in [-0.05, 0) is 48.6 Å². The van der Waals surface area contributed by atoms with Crippen LogP contribution in [0.3, 0.4) is 0 Å². The van der Waals surface area contributed by atoms with Crippen molar-refractivity contribution in [2.24, 2.45) is 5.92 Å². The van der Waals surface area contributed by atoms with Crippen LogP contribution in [0.4, 0.5) is 5.69 Å². The minimum atomic E-state index is -0.471. The number of aliphatic hydroxyl groups excluding tert-OH is 1. The predicted octanol–water partition coefficient (Wildman–Crippen LogP) is 3.85. The lowest BCUT2D eigenvalue weighted by atomic mass is 9.99. The average Bonchev–Trinajstić information content (AvgIpc) is 3.07. The third-order valence-corrected chi connectivity index (χ3v) is 4.00. The largest absolute Gasteiger partial charge is 0.469 e. The summed E-state index contributed by atoms with van der Waals surface area (Å²) in [5, 5.41) is 11.7. The summed E-state index contributed by atoms with van der Waals surface area (Å²) in [7, 11) is 0. The van der Waals surface area contributed by atoms with Crippen LogP contribution in [0.5, 0.6) is 0 Å². The molecule has 0 saturated heterocycles. The van der Waals surface area contributed by atoms with Crippen LogP contribution in [-0.4, -0.2) is 17.6 Å². The van der Waals surface area contributed by atoms with E-state index in [1.165, 1.54) is 6.92 Å². The summed E-state index contributed by atoms with van der Waals surface area (Å²) < 4.78 is 5.30. The maximum Gasteiger partial charge on any atom is 0.238 e. The molecule has 2 rings (SSSR count). The lowest BCUT2D eigenvalue weighted by Gasteiger charge is -2.23. The number of nitrogens with one attached hydrogen (secondary N) is 1. The first-order valence-corrected chi connectivity index (χ1v) is 8.82. The van der Waals surface area contributed by atoms with Crippen molar-refractivity contribution in [3.05, 3.63) is 54.0 Å². The van der Waals surface area contributed by atoms with Crippen molar-refractivity contribution in [3.8, 4) is 0 Å². The Morgan fingerprint density at radius 1 is 1.24 bits per heavy atom. The molecular formula is C20H28N2O3. The number of hydrogen-bond acceptors (Lipinski definition) is 4. The van der Waals surface area contributed by atoms with Gasteiger partial charge < -0.3 is 9.52 Å². The number of hydrogen-bond donors (Lipinski definition) is 2. The second kappa shape index (κ2) is 9.39. The van der Waals surface area contributed by atoms with Crippen LogP contribution < -0.4 is 10.4 Å². The number of aliphatic hydroxyl groups is 1. The van der Waals surface area contributed by atoms with Crippen molar-refractivity contribution in [1.82, 2.24) is 5.43 Å².